The molecule has 0 unspecified atom stereocenters. The lowest BCUT2D eigenvalue weighted by Crippen LogP contribution is -2.12. The standard InChI is InChI=1S/C13H8ClFN2O3/c14-11-6-5-10(17(19)20)7-12(11)16-13(18)8-1-3-9(15)4-2-8/h1-7H,(H,16,18). The zero-order valence-corrected chi connectivity index (χ0v) is 10.7. The third kappa shape index (κ3) is 3.10. The van der Waals surface area contributed by atoms with Crippen molar-refractivity contribution in [3.8, 4) is 0 Å². The van der Waals surface area contributed by atoms with Gasteiger partial charge in [0.15, 0.2) is 0 Å². The van der Waals surface area contributed by atoms with Crippen molar-refractivity contribution >= 4 is 28.9 Å². The van der Waals surface area contributed by atoms with Crippen LogP contribution in [-0.2, 0) is 0 Å². The number of nitrogens with zero attached hydrogens (tertiary/aromatic N) is 1. The molecule has 0 saturated heterocycles. The summed E-state index contributed by atoms with van der Waals surface area (Å²) in [5.74, 6) is -0.998. The van der Waals surface area contributed by atoms with E-state index in [0.29, 0.717) is 0 Å². The minimum Gasteiger partial charge on any atom is -0.320 e. The molecule has 102 valence electrons. The van der Waals surface area contributed by atoms with Gasteiger partial charge >= 0.3 is 0 Å². The fourth-order valence-electron chi connectivity index (χ4n) is 1.52. The van der Waals surface area contributed by atoms with Gasteiger partial charge in [-0.1, -0.05) is 11.6 Å². The molecular formula is C13H8ClFN2O3. The molecule has 0 aliphatic rings. The predicted octanol–water partition coefficient (Wildman–Crippen LogP) is 3.64. The van der Waals surface area contributed by atoms with Crippen LogP contribution in [0.4, 0.5) is 15.8 Å². The summed E-state index contributed by atoms with van der Waals surface area (Å²) in [6, 6.07) is 8.60. The molecule has 0 spiro atoms. The molecule has 1 amide bonds. The number of nitro groups is 1. The highest BCUT2D eigenvalue weighted by Gasteiger charge is 2.13. The SMILES string of the molecule is O=C(Nc1cc([N+](=O)[O-])ccc1Cl)c1ccc(F)cc1. The fourth-order valence-corrected chi connectivity index (χ4v) is 1.68. The summed E-state index contributed by atoms with van der Waals surface area (Å²) in [6.07, 6.45) is 0. The third-order valence-corrected chi connectivity index (χ3v) is 2.84. The predicted molar refractivity (Wildman–Crippen MR) is 72.5 cm³/mol. The lowest BCUT2D eigenvalue weighted by atomic mass is 10.2. The number of hydrogen-bond donors (Lipinski definition) is 1. The second kappa shape index (κ2) is 5.66. The van der Waals surface area contributed by atoms with E-state index in [2.05, 4.69) is 5.32 Å². The molecule has 0 aliphatic heterocycles. The highest BCUT2D eigenvalue weighted by molar-refractivity contribution is 6.34. The van der Waals surface area contributed by atoms with Gasteiger partial charge in [-0.05, 0) is 30.3 Å². The van der Waals surface area contributed by atoms with Crippen LogP contribution in [0.1, 0.15) is 10.4 Å². The molecular weight excluding hydrogens is 287 g/mol. The van der Waals surface area contributed by atoms with Crippen molar-refractivity contribution in [2.75, 3.05) is 5.32 Å². The van der Waals surface area contributed by atoms with Gasteiger partial charge in [0.05, 0.1) is 15.6 Å². The highest BCUT2D eigenvalue weighted by Crippen LogP contribution is 2.27. The number of carbonyl (C=O) groups is 1. The Morgan fingerprint density at radius 3 is 2.45 bits per heavy atom. The molecule has 0 atom stereocenters. The summed E-state index contributed by atoms with van der Waals surface area (Å²) in [6.45, 7) is 0. The van der Waals surface area contributed by atoms with Crippen LogP contribution in [0.15, 0.2) is 42.5 Å². The number of benzene rings is 2. The van der Waals surface area contributed by atoms with E-state index in [1.807, 2.05) is 0 Å². The molecule has 2 aromatic carbocycles. The van der Waals surface area contributed by atoms with Gasteiger partial charge in [0.1, 0.15) is 5.82 Å². The minimum absolute atomic E-state index is 0.121. The molecule has 0 saturated carbocycles. The van der Waals surface area contributed by atoms with Gasteiger partial charge in [-0.2, -0.15) is 0 Å². The monoisotopic (exact) mass is 294 g/mol. The van der Waals surface area contributed by atoms with Crippen LogP contribution >= 0.6 is 11.6 Å². The molecule has 20 heavy (non-hydrogen) atoms. The Balaban J connectivity index is 2.25. The zero-order chi connectivity index (χ0) is 14.7. The van der Waals surface area contributed by atoms with Gasteiger partial charge < -0.3 is 5.32 Å². The van der Waals surface area contributed by atoms with Crippen molar-refractivity contribution in [2.45, 2.75) is 0 Å². The summed E-state index contributed by atoms with van der Waals surface area (Å²) >= 11 is 5.86. The number of rotatable bonds is 3. The largest absolute Gasteiger partial charge is 0.320 e. The van der Waals surface area contributed by atoms with Crippen molar-refractivity contribution in [2.24, 2.45) is 0 Å². The van der Waals surface area contributed by atoms with Crippen LogP contribution in [0.2, 0.25) is 5.02 Å². The molecule has 0 fully saturated rings. The van der Waals surface area contributed by atoms with E-state index in [4.69, 9.17) is 11.6 Å². The van der Waals surface area contributed by atoms with Crippen LogP contribution in [0.25, 0.3) is 0 Å². The van der Waals surface area contributed by atoms with Crippen molar-refractivity contribution in [3.05, 3.63) is 69.0 Å². The van der Waals surface area contributed by atoms with Gasteiger partial charge in [0.25, 0.3) is 11.6 Å². The molecule has 2 aromatic rings. The number of hydrogen-bond acceptors (Lipinski definition) is 3. The Morgan fingerprint density at radius 2 is 1.85 bits per heavy atom. The molecule has 7 heteroatoms. The van der Waals surface area contributed by atoms with E-state index in [1.165, 1.54) is 24.3 Å². The molecule has 0 heterocycles. The number of anilines is 1. The summed E-state index contributed by atoms with van der Waals surface area (Å²) in [5, 5.41) is 13.3. The number of non-ortho nitro benzene ring substituents is 1. The Morgan fingerprint density at radius 1 is 1.20 bits per heavy atom. The molecule has 0 bridgehead atoms. The van der Waals surface area contributed by atoms with Crippen molar-refractivity contribution in [1.82, 2.24) is 0 Å². The lowest BCUT2D eigenvalue weighted by Gasteiger charge is -2.07. The fraction of sp³-hybridized carbons (Fsp3) is 0. The second-order valence-electron chi connectivity index (χ2n) is 3.88. The average molecular weight is 295 g/mol. The molecule has 0 radical (unpaired) electrons. The van der Waals surface area contributed by atoms with Crippen LogP contribution in [0.5, 0.6) is 0 Å². The van der Waals surface area contributed by atoms with Crippen molar-refractivity contribution < 1.29 is 14.1 Å². The number of nitro benzene ring substituents is 1. The number of amides is 1. The van der Waals surface area contributed by atoms with E-state index in [9.17, 15) is 19.3 Å². The second-order valence-corrected chi connectivity index (χ2v) is 4.29. The maximum Gasteiger partial charge on any atom is 0.271 e. The highest BCUT2D eigenvalue weighted by atomic mass is 35.5. The van der Waals surface area contributed by atoms with Crippen molar-refractivity contribution in [3.63, 3.8) is 0 Å². The van der Waals surface area contributed by atoms with E-state index in [1.54, 1.807) is 0 Å². The first kappa shape index (κ1) is 14.0. The van der Waals surface area contributed by atoms with Gasteiger partial charge in [-0.3, -0.25) is 14.9 Å². The Labute approximate surface area is 118 Å². The molecule has 1 N–H and O–H groups in total. The average Bonchev–Trinajstić information content (AvgIpc) is 2.41. The van der Waals surface area contributed by atoms with Gasteiger partial charge in [0.2, 0.25) is 0 Å². The zero-order valence-electron chi connectivity index (χ0n) is 9.97. The van der Waals surface area contributed by atoms with Gasteiger partial charge in [-0.15, -0.1) is 0 Å². The van der Waals surface area contributed by atoms with Crippen molar-refractivity contribution in [1.29, 1.82) is 0 Å². The minimum atomic E-state index is -0.593. The van der Waals surface area contributed by atoms with Gasteiger partial charge in [0, 0.05) is 17.7 Å². The van der Waals surface area contributed by atoms with Crippen LogP contribution in [-0.4, -0.2) is 10.8 Å². The third-order valence-electron chi connectivity index (χ3n) is 2.52. The summed E-state index contributed by atoms with van der Waals surface area (Å²) in [7, 11) is 0. The Kier molecular flexibility index (Phi) is 3.95. The van der Waals surface area contributed by atoms with Crippen LogP contribution in [0.3, 0.4) is 0 Å². The molecule has 2 rings (SSSR count). The smallest absolute Gasteiger partial charge is 0.271 e. The number of carbonyl (C=O) groups excluding carboxylic acids is 1. The van der Waals surface area contributed by atoms with E-state index in [-0.39, 0.29) is 22.0 Å². The quantitative estimate of drug-likeness (QED) is 0.694. The number of halogens is 2. The van der Waals surface area contributed by atoms with Gasteiger partial charge in [-0.25, -0.2) is 4.39 Å². The molecule has 0 aromatic heterocycles. The normalized spacial score (nSPS) is 10.1. The maximum atomic E-state index is 12.8. The van der Waals surface area contributed by atoms with E-state index >= 15 is 0 Å². The first-order chi connectivity index (χ1) is 9.47. The van der Waals surface area contributed by atoms with E-state index in [0.717, 1.165) is 18.2 Å². The first-order valence-corrected chi connectivity index (χ1v) is 5.86. The topological polar surface area (TPSA) is 72.2 Å². The molecule has 5 nitrogen and oxygen atoms in total. The Bertz CT molecular complexity index is 674. The van der Waals surface area contributed by atoms with Crippen LogP contribution < -0.4 is 5.32 Å². The van der Waals surface area contributed by atoms with Crippen LogP contribution in [0, 0.1) is 15.9 Å². The first-order valence-electron chi connectivity index (χ1n) is 5.48. The maximum absolute atomic E-state index is 12.8. The number of nitrogens with one attached hydrogen (secondary N) is 1. The summed E-state index contributed by atoms with van der Waals surface area (Å²) in [4.78, 5) is 22.0. The Hall–Kier alpha value is -2.47. The summed E-state index contributed by atoms with van der Waals surface area (Å²) in [5.41, 5.74) is 0.146. The van der Waals surface area contributed by atoms with E-state index < -0.39 is 16.6 Å². The lowest BCUT2D eigenvalue weighted by molar-refractivity contribution is -0.384. The summed E-state index contributed by atoms with van der Waals surface area (Å²) < 4.78 is 12.8. The molecule has 0 aliphatic carbocycles.